The Hall–Kier alpha value is -2.82. The number of phenols is 1. The van der Waals surface area contributed by atoms with Gasteiger partial charge in [-0.05, 0) is 42.8 Å². The van der Waals surface area contributed by atoms with E-state index in [-0.39, 0.29) is 11.6 Å². The van der Waals surface area contributed by atoms with Gasteiger partial charge in [-0.1, -0.05) is 24.3 Å². The van der Waals surface area contributed by atoms with Crippen molar-refractivity contribution in [2.24, 2.45) is 0 Å². The van der Waals surface area contributed by atoms with Gasteiger partial charge in [0.25, 0.3) is 0 Å². The second-order valence-electron chi connectivity index (χ2n) is 5.58. The van der Waals surface area contributed by atoms with Crippen molar-refractivity contribution in [2.45, 2.75) is 18.6 Å². The van der Waals surface area contributed by atoms with Crippen LogP contribution in [-0.2, 0) is 9.53 Å². The first-order valence-electron chi connectivity index (χ1n) is 7.20. The average molecular weight is 313 g/mol. The Balaban J connectivity index is 2.00. The molecule has 3 rings (SSSR count). The number of hydrogen-bond acceptors (Lipinski definition) is 4. The van der Waals surface area contributed by atoms with Crippen LogP contribution in [0.4, 0.5) is 10.1 Å². The zero-order valence-electron chi connectivity index (χ0n) is 12.5. The summed E-state index contributed by atoms with van der Waals surface area (Å²) in [4.78, 5) is 11.5. The summed E-state index contributed by atoms with van der Waals surface area (Å²) in [5.74, 6) is -0.700. The molecule has 118 valence electrons. The summed E-state index contributed by atoms with van der Waals surface area (Å²) in [7, 11) is 0. The van der Waals surface area contributed by atoms with E-state index in [0.29, 0.717) is 5.69 Å². The molecule has 23 heavy (non-hydrogen) atoms. The number of hydrogen-bond donors (Lipinski definition) is 2. The van der Waals surface area contributed by atoms with E-state index < -0.39 is 17.6 Å². The van der Waals surface area contributed by atoms with E-state index in [4.69, 9.17) is 4.74 Å². The van der Waals surface area contributed by atoms with E-state index in [9.17, 15) is 14.3 Å². The number of nitrogens with one attached hydrogen (secondary N) is 1. The number of ether oxygens (including phenoxy) is 1. The van der Waals surface area contributed by atoms with Crippen LogP contribution in [0.25, 0.3) is 0 Å². The molecule has 1 unspecified atom stereocenters. The molecular weight excluding hydrogens is 297 g/mol. The van der Waals surface area contributed by atoms with Crippen molar-refractivity contribution in [3.63, 3.8) is 0 Å². The van der Waals surface area contributed by atoms with Gasteiger partial charge in [0.1, 0.15) is 11.6 Å². The molecule has 0 saturated heterocycles. The van der Waals surface area contributed by atoms with Gasteiger partial charge in [-0.2, -0.15) is 0 Å². The highest BCUT2D eigenvalue weighted by molar-refractivity contribution is 5.85. The van der Waals surface area contributed by atoms with E-state index in [1.54, 1.807) is 49.4 Å². The van der Waals surface area contributed by atoms with Gasteiger partial charge < -0.3 is 15.2 Å². The molecule has 1 aliphatic heterocycles. The number of aromatic hydroxyl groups is 1. The van der Waals surface area contributed by atoms with Crippen molar-refractivity contribution in [1.29, 1.82) is 0 Å². The molecule has 2 N–H and O–H groups in total. The smallest absolute Gasteiger partial charge is 0.331 e. The van der Waals surface area contributed by atoms with Crippen molar-refractivity contribution >= 4 is 11.7 Å². The number of esters is 1. The topological polar surface area (TPSA) is 58.6 Å². The molecule has 1 aliphatic rings. The standard InChI is InChI=1S/C18H16FNO3/c1-18(11-10-16(22)23-18)17(12-6-8-13(19)9-7-12)20-14-4-2-3-5-15(14)21/h2-11,17,20-21H,1H3/t17-,18?/m1/s1. The lowest BCUT2D eigenvalue weighted by Crippen LogP contribution is -2.37. The minimum absolute atomic E-state index is 0.0801. The van der Waals surface area contributed by atoms with Crippen LogP contribution in [0.2, 0.25) is 0 Å². The number of cyclic esters (lactones) is 1. The van der Waals surface area contributed by atoms with Crippen LogP contribution in [0.15, 0.2) is 60.7 Å². The largest absolute Gasteiger partial charge is 0.506 e. The third-order valence-electron chi connectivity index (χ3n) is 3.85. The first kappa shape index (κ1) is 15.1. The summed E-state index contributed by atoms with van der Waals surface area (Å²) in [5.41, 5.74) is 0.285. The van der Waals surface area contributed by atoms with Gasteiger partial charge in [0, 0.05) is 6.08 Å². The average Bonchev–Trinajstić information content (AvgIpc) is 2.88. The van der Waals surface area contributed by atoms with E-state index >= 15 is 0 Å². The molecule has 0 radical (unpaired) electrons. The predicted molar refractivity (Wildman–Crippen MR) is 84.5 cm³/mol. The van der Waals surface area contributed by atoms with Gasteiger partial charge in [-0.15, -0.1) is 0 Å². The van der Waals surface area contributed by atoms with Gasteiger partial charge in [-0.3, -0.25) is 0 Å². The van der Waals surface area contributed by atoms with E-state index in [2.05, 4.69) is 5.32 Å². The molecular formula is C18H16FNO3. The lowest BCUT2D eigenvalue weighted by molar-refractivity contribution is -0.145. The van der Waals surface area contributed by atoms with Crippen molar-refractivity contribution in [3.8, 4) is 5.75 Å². The molecule has 0 spiro atoms. The second-order valence-corrected chi connectivity index (χ2v) is 5.58. The van der Waals surface area contributed by atoms with E-state index in [1.165, 1.54) is 18.2 Å². The van der Waals surface area contributed by atoms with Crippen LogP contribution in [0.5, 0.6) is 5.75 Å². The molecule has 4 nitrogen and oxygen atoms in total. The van der Waals surface area contributed by atoms with E-state index in [0.717, 1.165) is 5.56 Å². The van der Waals surface area contributed by atoms with Crippen molar-refractivity contribution < 1.29 is 19.0 Å². The van der Waals surface area contributed by atoms with Crippen LogP contribution in [0.3, 0.4) is 0 Å². The van der Waals surface area contributed by atoms with Crippen molar-refractivity contribution in [2.75, 3.05) is 5.32 Å². The fourth-order valence-corrected chi connectivity index (χ4v) is 2.64. The zero-order chi connectivity index (χ0) is 16.4. The van der Waals surface area contributed by atoms with Crippen LogP contribution in [0.1, 0.15) is 18.5 Å². The molecule has 2 aromatic carbocycles. The number of benzene rings is 2. The summed E-state index contributed by atoms with van der Waals surface area (Å²) in [5, 5.41) is 13.2. The molecule has 0 saturated carbocycles. The number of rotatable bonds is 4. The van der Waals surface area contributed by atoms with Gasteiger partial charge in [0.05, 0.1) is 11.7 Å². The lowest BCUT2D eigenvalue weighted by atomic mass is 9.90. The molecule has 0 aliphatic carbocycles. The summed E-state index contributed by atoms with van der Waals surface area (Å²) in [6.07, 6.45) is 3.03. The van der Waals surface area contributed by atoms with Crippen molar-refractivity contribution in [1.82, 2.24) is 0 Å². The number of para-hydroxylation sites is 2. The third kappa shape index (κ3) is 3.04. The molecule has 2 atom stereocenters. The van der Waals surface area contributed by atoms with Crippen LogP contribution in [-0.4, -0.2) is 16.7 Å². The monoisotopic (exact) mass is 313 g/mol. The second kappa shape index (κ2) is 5.76. The maximum Gasteiger partial charge on any atom is 0.331 e. The minimum atomic E-state index is -0.947. The van der Waals surface area contributed by atoms with Gasteiger partial charge in [0.15, 0.2) is 5.60 Å². The number of halogens is 1. The zero-order valence-corrected chi connectivity index (χ0v) is 12.5. The number of phenolic OH excluding ortho intramolecular Hbond substituents is 1. The van der Waals surface area contributed by atoms with Crippen molar-refractivity contribution in [3.05, 3.63) is 72.1 Å². The Morgan fingerprint density at radius 1 is 1.17 bits per heavy atom. The fourth-order valence-electron chi connectivity index (χ4n) is 2.64. The summed E-state index contributed by atoms with van der Waals surface area (Å²) in [6, 6.07) is 12.2. The first-order chi connectivity index (χ1) is 11.0. The molecule has 2 aromatic rings. The molecule has 0 aromatic heterocycles. The number of carbonyl (C=O) groups is 1. The Morgan fingerprint density at radius 3 is 2.48 bits per heavy atom. The summed E-state index contributed by atoms with van der Waals surface area (Å²) < 4.78 is 18.6. The number of anilines is 1. The molecule has 5 heteroatoms. The van der Waals surface area contributed by atoms with Gasteiger partial charge >= 0.3 is 5.97 Å². The Bertz CT molecular complexity index is 757. The lowest BCUT2D eigenvalue weighted by Gasteiger charge is -2.33. The fraction of sp³-hybridized carbons (Fsp3) is 0.167. The Kier molecular flexibility index (Phi) is 3.78. The summed E-state index contributed by atoms with van der Waals surface area (Å²) in [6.45, 7) is 1.76. The van der Waals surface area contributed by atoms with Crippen LogP contribution >= 0.6 is 0 Å². The molecule has 0 bridgehead atoms. The predicted octanol–water partition coefficient (Wildman–Crippen LogP) is 3.56. The normalized spacial score (nSPS) is 21.0. The highest BCUT2D eigenvalue weighted by atomic mass is 19.1. The van der Waals surface area contributed by atoms with Gasteiger partial charge in [-0.25, -0.2) is 9.18 Å². The number of carbonyl (C=O) groups excluding carboxylic acids is 1. The Labute approximate surface area is 133 Å². The highest BCUT2D eigenvalue weighted by Gasteiger charge is 2.40. The summed E-state index contributed by atoms with van der Waals surface area (Å²) >= 11 is 0. The van der Waals surface area contributed by atoms with Crippen LogP contribution < -0.4 is 5.32 Å². The van der Waals surface area contributed by atoms with E-state index in [1.807, 2.05) is 0 Å². The first-order valence-corrected chi connectivity index (χ1v) is 7.20. The highest BCUT2D eigenvalue weighted by Crippen LogP contribution is 2.38. The third-order valence-corrected chi connectivity index (χ3v) is 3.85. The van der Waals surface area contributed by atoms with Gasteiger partial charge in [0.2, 0.25) is 0 Å². The SMILES string of the molecule is CC1([C@H](Nc2ccccc2O)c2ccc(F)cc2)C=CC(=O)O1. The maximum atomic E-state index is 13.2. The molecule has 0 amide bonds. The maximum absolute atomic E-state index is 13.2. The molecule has 0 fully saturated rings. The Morgan fingerprint density at radius 2 is 1.87 bits per heavy atom. The minimum Gasteiger partial charge on any atom is -0.506 e. The van der Waals surface area contributed by atoms with Crippen LogP contribution in [0, 0.1) is 5.82 Å². The molecule has 1 heterocycles. The quantitative estimate of drug-likeness (QED) is 0.669.